The average molecular weight is 261 g/mol. The number of unbranched alkanes of at least 4 members (excludes halogenated alkanes) is 2. The summed E-state index contributed by atoms with van der Waals surface area (Å²) in [5, 5.41) is 0. The van der Waals surface area contributed by atoms with Crippen LogP contribution in [0.25, 0.3) is 0 Å². The van der Waals surface area contributed by atoms with Gasteiger partial charge in [-0.1, -0.05) is 24.6 Å². The molecule has 0 spiro atoms. The summed E-state index contributed by atoms with van der Waals surface area (Å²) in [6.07, 6.45) is 4.63. The van der Waals surface area contributed by atoms with E-state index in [1.54, 1.807) is 25.9 Å². The SMILES string of the molecule is CC(=O)c1cccc(CCCCCC(=O)N(C)C)c1. The van der Waals surface area contributed by atoms with E-state index >= 15 is 0 Å². The Morgan fingerprint density at radius 3 is 2.47 bits per heavy atom. The fourth-order valence-corrected chi connectivity index (χ4v) is 1.95. The van der Waals surface area contributed by atoms with Crippen molar-refractivity contribution >= 4 is 11.7 Å². The van der Waals surface area contributed by atoms with Crippen molar-refractivity contribution in [2.24, 2.45) is 0 Å². The summed E-state index contributed by atoms with van der Waals surface area (Å²) in [6.45, 7) is 1.59. The molecule has 0 atom stereocenters. The van der Waals surface area contributed by atoms with E-state index in [0.29, 0.717) is 6.42 Å². The molecule has 0 saturated carbocycles. The molecular formula is C16H23NO2. The van der Waals surface area contributed by atoms with Gasteiger partial charge in [-0.15, -0.1) is 0 Å². The van der Waals surface area contributed by atoms with E-state index in [2.05, 4.69) is 6.07 Å². The molecule has 0 aliphatic rings. The number of benzene rings is 1. The van der Waals surface area contributed by atoms with Gasteiger partial charge < -0.3 is 4.90 Å². The smallest absolute Gasteiger partial charge is 0.222 e. The van der Waals surface area contributed by atoms with Crippen LogP contribution in [-0.2, 0) is 11.2 Å². The maximum atomic E-state index is 11.4. The molecule has 0 heterocycles. The Morgan fingerprint density at radius 2 is 1.84 bits per heavy atom. The monoisotopic (exact) mass is 261 g/mol. The number of hydrogen-bond acceptors (Lipinski definition) is 2. The Hall–Kier alpha value is -1.64. The lowest BCUT2D eigenvalue weighted by Crippen LogP contribution is -2.20. The zero-order chi connectivity index (χ0) is 14.3. The molecule has 0 radical (unpaired) electrons. The van der Waals surface area contributed by atoms with Gasteiger partial charge in [0, 0.05) is 26.1 Å². The number of nitrogens with zero attached hydrogens (tertiary/aromatic N) is 1. The third kappa shape index (κ3) is 5.69. The summed E-state index contributed by atoms with van der Waals surface area (Å²) in [6, 6.07) is 7.80. The van der Waals surface area contributed by atoms with E-state index in [0.717, 1.165) is 31.2 Å². The van der Waals surface area contributed by atoms with E-state index < -0.39 is 0 Å². The minimum atomic E-state index is 0.110. The van der Waals surface area contributed by atoms with Gasteiger partial charge in [0.2, 0.25) is 5.91 Å². The second-order valence-electron chi connectivity index (χ2n) is 5.11. The van der Waals surface area contributed by atoms with Crippen molar-refractivity contribution in [2.45, 2.75) is 39.0 Å². The molecule has 19 heavy (non-hydrogen) atoms. The Bertz CT molecular complexity index is 438. The molecule has 1 rings (SSSR count). The predicted octanol–water partition coefficient (Wildman–Crippen LogP) is 3.08. The minimum Gasteiger partial charge on any atom is -0.349 e. The minimum absolute atomic E-state index is 0.110. The lowest BCUT2D eigenvalue weighted by Gasteiger charge is -2.09. The molecule has 3 nitrogen and oxygen atoms in total. The van der Waals surface area contributed by atoms with Gasteiger partial charge in [0.05, 0.1) is 0 Å². The number of amides is 1. The van der Waals surface area contributed by atoms with Gasteiger partial charge in [0.15, 0.2) is 5.78 Å². The van der Waals surface area contributed by atoms with Crippen LogP contribution in [0.2, 0.25) is 0 Å². The van der Waals surface area contributed by atoms with Crippen LogP contribution in [0.5, 0.6) is 0 Å². The fourth-order valence-electron chi connectivity index (χ4n) is 1.95. The highest BCUT2D eigenvalue weighted by atomic mass is 16.2. The summed E-state index contributed by atoms with van der Waals surface area (Å²) in [5.41, 5.74) is 1.98. The van der Waals surface area contributed by atoms with Crippen molar-refractivity contribution < 1.29 is 9.59 Å². The Morgan fingerprint density at radius 1 is 1.11 bits per heavy atom. The molecule has 0 aliphatic carbocycles. The topological polar surface area (TPSA) is 37.4 Å². The quantitative estimate of drug-likeness (QED) is 0.559. The molecule has 1 aromatic rings. The van der Waals surface area contributed by atoms with Gasteiger partial charge in [-0.2, -0.15) is 0 Å². The van der Waals surface area contributed by atoms with Gasteiger partial charge >= 0.3 is 0 Å². The van der Waals surface area contributed by atoms with Crippen LogP contribution in [-0.4, -0.2) is 30.7 Å². The van der Waals surface area contributed by atoms with Crippen molar-refractivity contribution in [3.63, 3.8) is 0 Å². The van der Waals surface area contributed by atoms with Gasteiger partial charge in [-0.05, 0) is 37.8 Å². The lowest BCUT2D eigenvalue weighted by molar-refractivity contribution is -0.128. The van der Waals surface area contributed by atoms with Crippen molar-refractivity contribution in [3.8, 4) is 0 Å². The number of aryl methyl sites for hydroxylation is 1. The third-order valence-electron chi connectivity index (χ3n) is 3.19. The Labute approximate surface area is 115 Å². The second-order valence-corrected chi connectivity index (χ2v) is 5.11. The molecule has 1 aromatic carbocycles. The number of carbonyl (C=O) groups is 2. The molecule has 0 N–H and O–H groups in total. The van der Waals surface area contributed by atoms with E-state index in [1.807, 2.05) is 18.2 Å². The van der Waals surface area contributed by atoms with Gasteiger partial charge in [0.25, 0.3) is 0 Å². The number of hydrogen-bond donors (Lipinski definition) is 0. The highest BCUT2D eigenvalue weighted by Gasteiger charge is 2.03. The first-order chi connectivity index (χ1) is 9.00. The third-order valence-corrected chi connectivity index (χ3v) is 3.19. The standard InChI is InChI=1S/C16H23NO2/c1-13(18)15-10-7-9-14(12-15)8-5-4-6-11-16(19)17(2)3/h7,9-10,12H,4-6,8,11H2,1-3H3. The summed E-state index contributed by atoms with van der Waals surface area (Å²) < 4.78 is 0. The maximum absolute atomic E-state index is 11.4. The van der Waals surface area contributed by atoms with Crippen LogP contribution in [0, 0.1) is 0 Å². The van der Waals surface area contributed by atoms with E-state index in [4.69, 9.17) is 0 Å². The van der Waals surface area contributed by atoms with Crippen LogP contribution >= 0.6 is 0 Å². The molecule has 0 aromatic heterocycles. The average Bonchev–Trinajstić information content (AvgIpc) is 2.38. The largest absolute Gasteiger partial charge is 0.349 e. The predicted molar refractivity (Wildman–Crippen MR) is 77.3 cm³/mol. The highest BCUT2D eigenvalue weighted by molar-refractivity contribution is 5.94. The fraction of sp³-hybridized carbons (Fsp3) is 0.500. The number of ketones is 1. The van der Waals surface area contributed by atoms with Crippen LogP contribution in [0.4, 0.5) is 0 Å². The zero-order valence-electron chi connectivity index (χ0n) is 12.1. The molecule has 0 saturated heterocycles. The molecule has 3 heteroatoms. The molecule has 0 fully saturated rings. The van der Waals surface area contributed by atoms with Crippen LogP contribution in [0.15, 0.2) is 24.3 Å². The first-order valence-corrected chi connectivity index (χ1v) is 6.80. The number of carbonyl (C=O) groups excluding carboxylic acids is 2. The van der Waals surface area contributed by atoms with Gasteiger partial charge in [0.1, 0.15) is 0 Å². The summed E-state index contributed by atoms with van der Waals surface area (Å²) in [4.78, 5) is 24.3. The Balaban J connectivity index is 2.28. The maximum Gasteiger partial charge on any atom is 0.222 e. The summed E-state index contributed by atoms with van der Waals surface area (Å²) in [5.74, 6) is 0.303. The van der Waals surface area contributed by atoms with Crippen LogP contribution in [0.1, 0.15) is 48.5 Å². The summed E-state index contributed by atoms with van der Waals surface area (Å²) in [7, 11) is 3.57. The van der Waals surface area contributed by atoms with Gasteiger partial charge in [-0.25, -0.2) is 0 Å². The lowest BCUT2D eigenvalue weighted by atomic mass is 10.0. The highest BCUT2D eigenvalue weighted by Crippen LogP contribution is 2.11. The first kappa shape index (κ1) is 15.4. The van der Waals surface area contributed by atoms with Crippen LogP contribution in [0.3, 0.4) is 0 Å². The molecule has 0 bridgehead atoms. The van der Waals surface area contributed by atoms with Crippen LogP contribution < -0.4 is 0 Å². The van der Waals surface area contributed by atoms with E-state index in [9.17, 15) is 9.59 Å². The number of Topliss-reactive ketones (excluding diaryl/α,β-unsaturated/α-hetero) is 1. The van der Waals surface area contributed by atoms with Gasteiger partial charge in [-0.3, -0.25) is 9.59 Å². The van der Waals surface area contributed by atoms with Crippen molar-refractivity contribution in [3.05, 3.63) is 35.4 Å². The van der Waals surface area contributed by atoms with Crippen molar-refractivity contribution in [1.29, 1.82) is 0 Å². The molecule has 0 aliphatic heterocycles. The summed E-state index contributed by atoms with van der Waals surface area (Å²) >= 11 is 0. The van der Waals surface area contributed by atoms with Crippen molar-refractivity contribution in [1.82, 2.24) is 4.90 Å². The first-order valence-electron chi connectivity index (χ1n) is 6.80. The van der Waals surface area contributed by atoms with E-state index in [1.165, 1.54) is 5.56 Å². The molecule has 104 valence electrons. The van der Waals surface area contributed by atoms with Crippen molar-refractivity contribution in [2.75, 3.05) is 14.1 Å². The second kappa shape index (κ2) is 7.72. The molecule has 1 amide bonds. The Kier molecular flexibility index (Phi) is 6.26. The zero-order valence-corrected chi connectivity index (χ0v) is 12.1. The van der Waals surface area contributed by atoms with E-state index in [-0.39, 0.29) is 11.7 Å². The molecule has 0 unspecified atom stereocenters. The normalized spacial score (nSPS) is 10.3. The molecular weight excluding hydrogens is 238 g/mol. The number of rotatable bonds is 7.